The standard InChI is InChI=1S/C25H25N/c1-20-4-6-21(7-5-20)8-9-22-10-12-23(13-11-22)14-15-24-16-18-25(19-17-24)26(2)3/h4-19H,1-3H3/b9-8+,15-14+. The molecule has 0 aliphatic heterocycles. The van der Waals surface area contributed by atoms with Crippen LogP contribution in [0.5, 0.6) is 0 Å². The zero-order valence-electron chi connectivity index (χ0n) is 15.7. The van der Waals surface area contributed by atoms with Gasteiger partial charge in [0.1, 0.15) is 0 Å². The van der Waals surface area contributed by atoms with Gasteiger partial charge in [-0.1, -0.05) is 90.5 Å². The SMILES string of the molecule is Cc1ccc(/C=C/c2ccc(/C=C/c3ccc(N(C)C)cc3)cc2)cc1. The monoisotopic (exact) mass is 339 g/mol. The molecular weight excluding hydrogens is 314 g/mol. The van der Waals surface area contributed by atoms with Crippen LogP contribution in [0.3, 0.4) is 0 Å². The molecule has 0 amide bonds. The van der Waals surface area contributed by atoms with Gasteiger partial charge >= 0.3 is 0 Å². The zero-order valence-corrected chi connectivity index (χ0v) is 15.7. The van der Waals surface area contributed by atoms with Gasteiger partial charge in [-0.3, -0.25) is 0 Å². The summed E-state index contributed by atoms with van der Waals surface area (Å²) in [6.07, 6.45) is 8.60. The highest BCUT2D eigenvalue weighted by molar-refractivity contribution is 5.73. The molecule has 0 saturated carbocycles. The maximum atomic E-state index is 2.15. The van der Waals surface area contributed by atoms with E-state index < -0.39 is 0 Å². The lowest BCUT2D eigenvalue weighted by Crippen LogP contribution is -2.07. The Labute approximate surface area is 156 Å². The summed E-state index contributed by atoms with van der Waals surface area (Å²) < 4.78 is 0. The van der Waals surface area contributed by atoms with Gasteiger partial charge in [0.2, 0.25) is 0 Å². The van der Waals surface area contributed by atoms with Crippen molar-refractivity contribution >= 4 is 30.0 Å². The van der Waals surface area contributed by atoms with Crippen LogP contribution in [0.25, 0.3) is 24.3 Å². The highest BCUT2D eigenvalue weighted by Crippen LogP contribution is 2.16. The number of nitrogens with zero attached hydrogens (tertiary/aromatic N) is 1. The second-order valence-corrected chi connectivity index (χ2v) is 6.73. The van der Waals surface area contributed by atoms with Crippen molar-refractivity contribution < 1.29 is 0 Å². The van der Waals surface area contributed by atoms with Gasteiger partial charge in [0.15, 0.2) is 0 Å². The molecule has 0 saturated heterocycles. The lowest BCUT2D eigenvalue weighted by molar-refractivity contribution is 1.13. The first-order valence-electron chi connectivity index (χ1n) is 8.90. The Morgan fingerprint density at radius 1 is 0.500 bits per heavy atom. The van der Waals surface area contributed by atoms with Crippen LogP contribution in [0.2, 0.25) is 0 Å². The van der Waals surface area contributed by atoms with Crippen LogP contribution in [-0.4, -0.2) is 14.1 Å². The van der Waals surface area contributed by atoms with E-state index in [1.54, 1.807) is 0 Å². The van der Waals surface area contributed by atoms with Gasteiger partial charge in [0.25, 0.3) is 0 Å². The van der Waals surface area contributed by atoms with Gasteiger partial charge < -0.3 is 4.90 Å². The van der Waals surface area contributed by atoms with E-state index >= 15 is 0 Å². The second-order valence-electron chi connectivity index (χ2n) is 6.73. The van der Waals surface area contributed by atoms with E-state index in [4.69, 9.17) is 0 Å². The summed E-state index contributed by atoms with van der Waals surface area (Å²) in [7, 11) is 4.11. The molecule has 0 N–H and O–H groups in total. The topological polar surface area (TPSA) is 3.24 Å². The molecule has 0 fully saturated rings. The van der Waals surface area contributed by atoms with Gasteiger partial charge in [-0.15, -0.1) is 0 Å². The van der Waals surface area contributed by atoms with Crippen LogP contribution >= 0.6 is 0 Å². The number of hydrogen-bond donors (Lipinski definition) is 0. The third kappa shape index (κ3) is 4.97. The van der Waals surface area contributed by atoms with E-state index in [2.05, 4.69) is 123 Å². The summed E-state index contributed by atoms with van der Waals surface area (Å²) in [6.45, 7) is 2.11. The molecule has 0 heterocycles. The van der Waals surface area contributed by atoms with Crippen LogP contribution in [0.1, 0.15) is 27.8 Å². The quantitative estimate of drug-likeness (QED) is 0.486. The van der Waals surface area contributed by atoms with E-state index in [0.717, 1.165) is 0 Å². The third-order valence-corrected chi connectivity index (χ3v) is 4.36. The lowest BCUT2D eigenvalue weighted by atomic mass is 10.1. The molecule has 0 aliphatic rings. The van der Waals surface area contributed by atoms with Crippen LogP contribution in [-0.2, 0) is 0 Å². The highest BCUT2D eigenvalue weighted by Gasteiger charge is 1.94. The van der Waals surface area contributed by atoms with Crippen molar-refractivity contribution in [2.24, 2.45) is 0 Å². The fraction of sp³-hybridized carbons (Fsp3) is 0.120. The first-order valence-corrected chi connectivity index (χ1v) is 8.90. The van der Waals surface area contributed by atoms with Crippen molar-refractivity contribution in [2.45, 2.75) is 6.92 Å². The Morgan fingerprint density at radius 3 is 1.15 bits per heavy atom. The van der Waals surface area contributed by atoms with Gasteiger partial charge in [0.05, 0.1) is 0 Å². The number of anilines is 1. The molecule has 0 radical (unpaired) electrons. The fourth-order valence-corrected chi connectivity index (χ4v) is 2.66. The molecule has 1 heteroatoms. The Hall–Kier alpha value is -3.06. The summed E-state index contributed by atoms with van der Waals surface area (Å²) in [4.78, 5) is 2.11. The van der Waals surface area contributed by atoms with Crippen LogP contribution in [0.4, 0.5) is 5.69 Å². The molecule has 0 aliphatic carbocycles. The maximum absolute atomic E-state index is 2.15. The number of hydrogen-bond acceptors (Lipinski definition) is 1. The van der Waals surface area contributed by atoms with E-state index in [-0.39, 0.29) is 0 Å². The normalized spacial score (nSPS) is 11.3. The van der Waals surface area contributed by atoms with Crippen LogP contribution < -0.4 is 4.90 Å². The van der Waals surface area contributed by atoms with Crippen molar-refractivity contribution in [3.8, 4) is 0 Å². The Kier molecular flexibility index (Phi) is 5.70. The molecule has 26 heavy (non-hydrogen) atoms. The predicted octanol–water partition coefficient (Wildman–Crippen LogP) is 6.40. The van der Waals surface area contributed by atoms with Gasteiger partial charge in [0, 0.05) is 19.8 Å². The average molecular weight is 339 g/mol. The van der Waals surface area contributed by atoms with E-state index in [1.165, 1.54) is 33.5 Å². The molecule has 3 aromatic carbocycles. The van der Waals surface area contributed by atoms with Crippen molar-refractivity contribution in [3.05, 3.63) is 101 Å². The molecule has 3 aromatic rings. The third-order valence-electron chi connectivity index (χ3n) is 4.36. The van der Waals surface area contributed by atoms with Crippen LogP contribution in [0, 0.1) is 6.92 Å². The average Bonchev–Trinajstić information content (AvgIpc) is 2.67. The summed E-state index contributed by atoms with van der Waals surface area (Å²) in [5, 5.41) is 0. The number of benzene rings is 3. The second kappa shape index (κ2) is 8.35. The summed E-state index contributed by atoms with van der Waals surface area (Å²) in [5.74, 6) is 0. The summed E-state index contributed by atoms with van der Waals surface area (Å²) >= 11 is 0. The maximum Gasteiger partial charge on any atom is 0.0361 e. The minimum Gasteiger partial charge on any atom is -0.378 e. The molecule has 0 spiro atoms. The summed E-state index contributed by atoms with van der Waals surface area (Å²) in [5.41, 5.74) is 7.34. The smallest absolute Gasteiger partial charge is 0.0361 e. The molecular formula is C25H25N. The minimum absolute atomic E-state index is 1.20. The minimum atomic E-state index is 1.20. The van der Waals surface area contributed by atoms with Gasteiger partial charge in [-0.2, -0.15) is 0 Å². The molecule has 0 unspecified atom stereocenters. The van der Waals surface area contributed by atoms with Crippen molar-refractivity contribution in [1.82, 2.24) is 0 Å². The van der Waals surface area contributed by atoms with Gasteiger partial charge in [-0.25, -0.2) is 0 Å². The molecule has 0 aromatic heterocycles. The molecule has 0 atom stereocenters. The Morgan fingerprint density at radius 2 is 0.808 bits per heavy atom. The van der Waals surface area contributed by atoms with Crippen molar-refractivity contribution in [1.29, 1.82) is 0 Å². The van der Waals surface area contributed by atoms with Crippen molar-refractivity contribution in [3.63, 3.8) is 0 Å². The molecule has 3 rings (SSSR count). The predicted molar refractivity (Wildman–Crippen MR) is 116 cm³/mol. The first-order chi connectivity index (χ1) is 12.6. The largest absolute Gasteiger partial charge is 0.378 e. The Balaban J connectivity index is 1.64. The van der Waals surface area contributed by atoms with Gasteiger partial charge in [-0.05, 0) is 41.3 Å². The first kappa shape index (κ1) is 17.8. The van der Waals surface area contributed by atoms with E-state index in [9.17, 15) is 0 Å². The van der Waals surface area contributed by atoms with Crippen LogP contribution in [0.15, 0.2) is 72.8 Å². The van der Waals surface area contributed by atoms with E-state index in [0.29, 0.717) is 0 Å². The molecule has 130 valence electrons. The molecule has 1 nitrogen and oxygen atoms in total. The number of aryl methyl sites for hydroxylation is 1. The zero-order chi connectivity index (χ0) is 18.4. The number of rotatable bonds is 5. The summed E-state index contributed by atoms with van der Waals surface area (Å²) in [6, 6.07) is 25.7. The molecule has 0 bridgehead atoms. The Bertz CT molecular complexity index is 880. The highest BCUT2D eigenvalue weighted by atomic mass is 15.1. The van der Waals surface area contributed by atoms with Crippen molar-refractivity contribution in [2.75, 3.05) is 19.0 Å². The fourth-order valence-electron chi connectivity index (χ4n) is 2.66. The lowest BCUT2D eigenvalue weighted by Gasteiger charge is -2.11. The van der Waals surface area contributed by atoms with E-state index in [1.807, 2.05) is 0 Å².